The molecule has 1 aromatic rings. The van der Waals surface area contributed by atoms with Crippen LogP contribution in [0.3, 0.4) is 0 Å². The molecule has 1 saturated heterocycles. The van der Waals surface area contributed by atoms with Crippen LogP contribution in [0.1, 0.15) is 40.5 Å². The Morgan fingerprint density at radius 3 is 2.24 bits per heavy atom. The van der Waals surface area contributed by atoms with Crippen LogP contribution in [0.4, 0.5) is 16.2 Å². The van der Waals surface area contributed by atoms with E-state index in [0.29, 0.717) is 0 Å². The van der Waals surface area contributed by atoms with Crippen molar-refractivity contribution >= 4 is 17.4 Å². The fourth-order valence-corrected chi connectivity index (χ4v) is 2.53. The molecule has 0 spiro atoms. The van der Waals surface area contributed by atoms with Crippen molar-refractivity contribution in [2.24, 2.45) is 5.92 Å². The number of carbonyl (C=O) groups excluding carboxylic acids is 1. The van der Waals surface area contributed by atoms with Crippen LogP contribution in [0.5, 0.6) is 0 Å². The van der Waals surface area contributed by atoms with Crippen molar-refractivity contribution in [2.45, 2.75) is 46.1 Å². The van der Waals surface area contributed by atoms with Crippen LogP contribution in [0.15, 0.2) is 24.3 Å². The number of anilines is 2. The molecule has 0 unspecified atom stereocenters. The van der Waals surface area contributed by atoms with E-state index in [1.165, 1.54) is 18.5 Å². The van der Waals surface area contributed by atoms with Crippen molar-refractivity contribution in [1.82, 2.24) is 5.32 Å². The third-order valence-electron chi connectivity index (χ3n) is 3.76. The monoisotopic (exact) mass is 289 g/mol. The molecule has 116 valence electrons. The molecule has 4 heteroatoms. The fourth-order valence-electron chi connectivity index (χ4n) is 2.53. The number of urea groups is 1. The number of hydrogen-bond acceptors (Lipinski definition) is 2. The Morgan fingerprint density at radius 1 is 1.14 bits per heavy atom. The molecule has 0 aliphatic carbocycles. The van der Waals surface area contributed by atoms with E-state index < -0.39 is 0 Å². The van der Waals surface area contributed by atoms with Crippen molar-refractivity contribution in [3.8, 4) is 0 Å². The lowest BCUT2D eigenvalue weighted by Crippen LogP contribution is -2.43. The summed E-state index contributed by atoms with van der Waals surface area (Å²) in [6, 6.07) is 7.94. The van der Waals surface area contributed by atoms with Gasteiger partial charge in [-0.2, -0.15) is 0 Å². The van der Waals surface area contributed by atoms with E-state index in [-0.39, 0.29) is 11.6 Å². The molecule has 2 rings (SSSR count). The van der Waals surface area contributed by atoms with Gasteiger partial charge in [0.05, 0.1) is 0 Å². The average molecular weight is 289 g/mol. The Labute approximate surface area is 127 Å². The average Bonchev–Trinajstić information content (AvgIpc) is 2.38. The first kappa shape index (κ1) is 15.7. The Kier molecular flexibility index (Phi) is 4.76. The van der Waals surface area contributed by atoms with Gasteiger partial charge in [-0.25, -0.2) is 4.79 Å². The number of nitrogens with zero attached hydrogens (tertiary/aromatic N) is 1. The Morgan fingerprint density at radius 2 is 1.71 bits per heavy atom. The lowest BCUT2D eigenvalue weighted by Gasteiger charge is -2.32. The lowest BCUT2D eigenvalue weighted by molar-refractivity contribution is 0.244. The number of hydrogen-bond donors (Lipinski definition) is 2. The summed E-state index contributed by atoms with van der Waals surface area (Å²) in [5.74, 6) is 0.836. The molecule has 0 aromatic heterocycles. The quantitative estimate of drug-likeness (QED) is 0.868. The smallest absolute Gasteiger partial charge is 0.319 e. The first-order valence-electron chi connectivity index (χ1n) is 7.78. The molecule has 1 heterocycles. The number of carbonyl (C=O) groups is 1. The van der Waals surface area contributed by atoms with Crippen molar-refractivity contribution in [3.63, 3.8) is 0 Å². The minimum absolute atomic E-state index is 0.165. The molecule has 0 bridgehead atoms. The minimum atomic E-state index is -0.228. The van der Waals surface area contributed by atoms with Crippen molar-refractivity contribution in [3.05, 3.63) is 24.3 Å². The highest BCUT2D eigenvalue weighted by molar-refractivity contribution is 5.89. The maximum Gasteiger partial charge on any atom is 0.319 e. The summed E-state index contributed by atoms with van der Waals surface area (Å²) in [7, 11) is 0. The molecule has 1 fully saturated rings. The molecule has 2 amide bonds. The van der Waals surface area contributed by atoms with Crippen LogP contribution in [0.25, 0.3) is 0 Å². The van der Waals surface area contributed by atoms with Gasteiger partial charge in [-0.1, -0.05) is 6.92 Å². The van der Waals surface area contributed by atoms with Gasteiger partial charge in [0.15, 0.2) is 0 Å². The van der Waals surface area contributed by atoms with Gasteiger partial charge in [-0.15, -0.1) is 0 Å². The third-order valence-corrected chi connectivity index (χ3v) is 3.76. The predicted octanol–water partition coefficient (Wildman–Crippen LogP) is 3.84. The summed E-state index contributed by atoms with van der Waals surface area (Å²) in [6.45, 7) is 10.5. The Hall–Kier alpha value is -1.71. The van der Waals surface area contributed by atoms with Gasteiger partial charge in [-0.05, 0) is 63.8 Å². The molecule has 0 atom stereocenters. The standard InChI is InChI=1S/C17H27N3O/c1-13-9-11-20(12-10-13)15-7-5-14(6-8-15)18-16(21)19-17(2,3)4/h5-8,13H,9-12H2,1-4H3,(H2,18,19,21). The van der Waals surface area contributed by atoms with Crippen LogP contribution in [0, 0.1) is 5.92 Å². The molecule has 0 radical (unpaired) electrons. The number of rotatable bonds is 2. The number of nitrogens with one attached hydrogen (secondary N) is 2. The number of piperidine rings is 1. The summed E-state index contributed by atoms with van der Waals surface area (Å²) >= 11 is 0. The number of benzene rings is 1. The molecular formula is C17H27N3O. The molecule has 4 nitrogen and oxygen atoms in total. The summed E-state index contributed by atoms with van der Waals surface area (Å²) in [5, 5.41) is 5.76. The zero-order valence-electron chi connectivity index (χ0n) is 13.6. The van der Waals surface area contributed by atoms with Gasteiger partial charge in [0.1, 0.15) is 0 Å². The molecule has 0 saturated carbocycles. The fraction of sp³-hybridized carbons (Fsp3) is 0.588. The van der Waals surface area contributed by atoms with Crippen molar-refractivity contribution < 1.29 is 4.79 Å². The van der Waals surface area contributed by atoms with E-state index in [1.54, 1.807) is 0 Å². The maximum atomic E-state index is 11.8. The second-order valence-corrected chi connectivity index (χ2v) is 7.05. The van der Waals surface area contributed by atoms with E-state index in [0.717, 1.165) is 24.7 Å². The van der Waals surface area contributed by atoms with Crippen LogP contribution in [-0.4, -0.2) is 24.7 Å². The molecule has 2 N–H and O–H groups in total. The highest BCUT2D eigenvalue weighted by Crippen LogP contribution is 2.24. The lowest BCUT2D eigenvalue weighted by atomic mass is 9.99. The topological polar surface area (TPSA) is 44.4 Å². The molecule has 21 heavy (non-hydrogen) atoms. The zero-order chi connectivity index (χ0) is 15.5. The third kappa shape index (κ3) is 4.96. The summed E-state index contributed by atoms with van der Waals surface area (Å²) in [6.07, 6.45) is 2.52. The predicted molar refractivity (Wildman–Crippen MR) is 89.0 cm³/mol. The van der Waals surface area contributed by atoms with Gasteiger partial charge < -0.3 is 15.5 Å². The van der Waals surface area contributed by atoms with Gasteiger partial charge in [0.2, 0.25) is 0 Å². The van der Waals surface area contributed by atoms with Crippen LogP contribution >= 0.6 is 0 Å². The van der Waals surface area contributed by atoms with Gasteiger partial charge >= 0.3 is 6.03 Å². The summed E-state index contributed by atoms with van der Waals surface area (Å²) in [4.78, 5) is 14.2. The second-order valence-electron chi connectivity index (χ2n) is 7.05. The molecule has 1 aliphatic rings. The Balaban J connectivity index is 1.91. The van der Waals surface area contributed by atoms with Crippen molar-refractivity contribution in [2.75, 3.05) is 23.3 Å². The molecule has 1 aromatic carbocycles. The summed E-state index contributed by atoms with van der Waals surface area (Å²) in [5.41, 5.74) is 1.84. The largest absolute Gasteiger partial charge is 0.372 e. The normalized spacial score (nSPS) is 16.7. The number of amides is 2. The van der Waals surface area contributed by atoms with E-state index in [1.807, 2.05) is 32.9 Å². The first-order valence-corrected chi connectivity index (χ1v) is 7.78. The van der Waals surface area contributed by atoms with E-state index in [9.17, 15) is 4.79 Å². The highest BCUT2D eigenvalue weighted by atomic mass is 16.2. The summed E-state index contributed by atoms with van der Waals surface area (Å²) < 4.78 is 0. The molecule has 1 aliphatic heterocycles. The van der Waals surface area contributed by atoms with Crippen LogP contribution < -0.4 is 15.5 Å². The second kappa shape index (κ2) is 6.37. The Bertz CT molecular complexity index is 468. The van der Waals surface area contributed by atoms with E-state index in [2.05, 4.69) is 34.6 Å². The molecular weight excluding hydrogens is 262 g/mol. The van der Waals surface area contributed by atoms with Crippen LogP contribution in [0.2, 0.25) is 0 Å². The SMILES string of the molecule is CC1CCN(c2ccc(NC(=O)NC(C)(C)C)cc2)CC1. The first-order chi connectivity index (χ1) is 9.83. The van der Waals surface area contributed by atoms with E-state index in [4.69, 9.17) is 0 Å². The maximum absolute atomic E-state index is 11.8. The minimum Gasteiger partial charge on any atom is -0.372 e. The van der Waals surface area contributed by atoms with Gasteiger partial charge in [-0.3, -0.25) is 0 Å². The van der Waals surface area contributed by atoms with Gasteiger partial charge in [0.25, 0.3) is 0 Å². The van der Waals surface area contributed by atoms with Crippen LogP contribution in [-0.2, 0) is 0 Å². The zero-order valence-corrected chi connectivity index (χ0v) is 13.6. The van der Waals surface area contributed by atoms with E-state index >= 15 is 0 Å². The van der Waals surface area contributed by atoms with Crippen molar-refractivity contribution in [1.29, 1.82) is 0 Å². The highest BCUT2D eigenvalue weighted by Gasteiger charge is 2.16. The van der Waals surface area contributed by atoms with Gasteiger partial charge in [0, 0.05) is 30.0 Å².